The van der Waals surface area contributed by atoms with Gasteiger partial charge in [-0.25, -0.2) is 0 Å². The van der Waals surface area contributed by atoms with E-state index in [9.17, 15) is 9.46 Å². The Hall–Kier alpha value is 0.380. The number of hydrogen-bond acceptors (Lipinski definition) is 4. The van der Waals surface area contributed by atoms with Crippen LogP contribution in [0.1, 0.15) is 46.0 Å². The first-order valence-corrected chi connectivity index (χ1v) is 10.6. The third-order valence-corrected chi connectivity index (χ3v) is 5.49. The molecule has 0 aromatic rings. The van der Waals surface area contributed by atoms with Crippen molar-refractivity contribution >= 4 is 30.2 Å². The zero-order valence-corrected chi connectivity index (χ0v) is 15.8. The van der Waals surface area contributed by atoms with Gasteiger partial charge in [0.05, 0.1) is 12.7 Å². The van der Waals surface area contributed by atoms with Crippen molar-refractivity contribution < 1.29 is 23.5 Å². The summed E-state index contributed by atoms with van der Waals surface area (Å²) in [6.45, 7) is 4.90. The van der Waals surface area contributed by atoms with Crippen LogP contribution in [-0.2, 0) is 18.6 Å². The molecule has 21 heavy (non-hydrogen) atoms. The fourth-order valence-corrected chi connectivity index (χ4v) is 3.70. The highest BCUT2D eigenvalue weighted by Crippen LogP contribution is 2.53. The second-order valence-electron chi connectivity index (χ2n) is 5.18. The fourth-order valence-electron chi connectivity index (χ4n) is 1.88. The maximum absolute atomic E-state index is 12.4. The predicted octanol–water partition coefficient (Wildman–Crippen LogP) is 4.24. The molecule has 1 aliphatic rings. The van der Waals surface area contributed by atoms with Crippen molar-refractivity contribution in [1.82, 2.24) is 0 Å². The molecule has 2 unspecified atom stereocenters. The standard InChI is InChI=1S/C14H26IO5P/c1-3-12(2)20-21(16,17)14(8-4-5-9-15)19-13-7-6-10-18-11-13/h8,12-13H,3-7,9-11H2,1-2H3,(H,16,17). The molecule has 0 aromatic heterocycles. The van der Waals surface area contributed by atoms with Gasteiger partial charge in [-0.3, -0.25) is 4.57 Å². The lowest BCUT2D eigenvalue weighted by Gasteiger charge is -2.27. The molecule has 1 aliphatic heterocycles. The van der Waals surface area contributed by atoms with Crippen LogP contribution in [0.25, 0.3) is 0 Å². The second-order valence-corrected chi connectivity index (χ2v) is 7.95. The molecule has 1 N–H and O–H groups in total. The molecule has 1 saturated heterocycles. The van der Waals surface area contributed by atoms with Crippen molar-refractivity contribution in [3.8, 4) is 0 Å². The van der Waals surface area contributed by atoms with E-state index in [1.165, 1.54) is 0 Å². The Labute approximate surface area is 141 Å². The van der Waals surface area contributed by atoms with Gasteiger partial charge in [0.15, 0.2) is 0 Å². The minimum Gasteiger partial charge on any atom is -0.480 e. The molecule has 3 atom stereocenters. The van der Waals surface area contributed by atoms with Crippen molar-refractivity contribution in [1.29, 1.82) is 0 Å². The van der Waals surface area contributed by atoms with Crippen molar-refractivity contribution in [3.63, 3.8) is 0 Å². The van der Waals surface area contributed by atoms with Crippen LogP contribution in [0, 0.1) is 0 Å². The summed E-state index contributed by atoms with van der Waals surface area (Å²) in [4.78, 5) is 10.2. The highest BCUT2D eigenvalue weighted by Gasteiger charge is 2.32. The average molecular weight is 432 g/mol. The van der Waals surface area contributed by atoms with Gasteiger partial charge in [0.25, 0.3) is 0 Å². The maximum Gasteiger partial charge on any atom is 0.393 e. The van der Waals surface area contributed by atoms with Crippen LogP contribution in [0.5, 0.6) is 0 Å². The molecule has 0 radical (unpaired) electrons. The molecule has 0 spiro atoms. The smallest absolute Gasteiger partial charge is 0.393 e. The Kier molecular flexibility index (Phi) is 9.45. The van der Waals surface area contributed by atoms with Gasteiger partial charge >= 0.3 is 7.60 Å². The quantitative estimate of drug-likeness (QED) is 0.194. The van der Waals surface area contributed by atoms with E-state index in [0.717, 1.165) is 30.3 Å². The Morgan fingerprint density at radius 2 is 2.38 bits per heavy atom. The van der Waals surface area contributed by atoms with Crippen LogP contribution in [0.3, 0.4) is 0 Å². The van der Waals surface area contributed by atoms with Crippen LogP contribution < -0.4 is 0 Å². The highest BCUT2D eigenvalue weighted by atomic mass is 127. The van der Waals surface area contributed by atoms with Crippen molar-refractivity contribution in [2.45, 2.75) is 58.2 Å². The number of allylic oxidation sites excluding steroid dienone is 1. The minimum absolute atomic E-state index is 0.0863. The summed E-state index contributed by atoms with van der Waals surface area (Å²) in [5.74, 6) is 0. The van der Waals surface area contributed by atoms with E-state index in [0.29, 0.717) is 19.4 Å². The molecule has 0 aliphatic carbocycles. The van der Waals surface area contributed by atoms with E-state index in [1.54, 1.807) is 13.0 Å². The molecule has 0 saturated carbocycles. The molecule has 0 amide bonds. The first-order chi connectivity index (χ1) is 9.99. The third kappa shape index (κ3) is 7.46. The summed E-state index contributed by atoms with van der Waals surface area (Å²) < 4.78 is 29.8. The van der Waals surface area contributed by atoms with E-state index in [2.05, 4.69) is 22.6 Å². The van der Waals surface area contributed by atoms with Crippen molar-refractivity contribution in [3.05, 3.63) is 11.6 Å². The molecular weight excluding hydrogens is 406 g/mol. The van der Waals surface area contributed by atoms with Crippen molar-refractivity contribution in [2.24, 2.45) is 0 Å². The number of rotatable bonds is 9. The summed E-state index contributed by atoms with van der Waals surface area (Å²) >= 11 is 2.28. The SMILES string of the molecule is CCC(C)O[P@@](=O)(O)C(=CCCCI)OC1CCCOC1. The summed E-state index contributed by atoms with van der Waals surface area (Å²) in [6.07, 6.45) is 5.35. The Balaban J connectivity index is 2.74. The highest BCUT2D eigenvalue weighted by molar-refractivity contribution is 14.1. The van der Waals surface area contributed by atoms with Crippen LogP contribution in [0.15, 0.2) is 11.6 Å². The van der Waals surface area contributed by atoms with Crippen LogP contribution in [0.2, 0.25) is 0 Å². The summed E-state index contributed by atoms with van der Waals surface area (Å²) in [5.41, 5.74) is 0.0863. The van der Waals surface area contributed by atoms with Gasteiger partial charge in [-0.1, -0.05) is 29.5 Å². The summed E-state index contributed by atoms with van der Waals surface area (Å²) in [5, 5.41) is 0. The van der Waals surface area contributed by atoms with Crippen LogP contribution >= 0.6 is 30.2 Å². The lowest BCUT2D eigenvalue weighted by atomic mass is 10.2. The molecule has 5 nitrogen and oxygen atoms in total. The van der Waals surface area contributed by atoms with Gasteiger partial charge in [0.2, 0.25) is 5.50 Å². The molecule has 0 aromatic carbocycles. The first-order valence-electron chi connectivity index (χ1n) is 7.52. The van der Waals surface area contributed by atoms with E-state index >= 15 is 0 Å². The van der Waals surface area contributed by atoms with E-state index in [4.69, 9.17) is 14.0 Å². The average Bonchev–Trinajstić information content (AvgIpc) is 2.47. The summed E-state index contributed by atoms with van der Waals surface area (Å²) in [7, 11) is -3.90. The molecule has 0 bridgehead atoms. The van der Waals surface area contributed by atoms with Crippen molar-refractivity contribution in [2.75, 3.05) is 17.6 Å². The van der Waals surface area contributed by atoms with E-state index < -0.39 is 7.60 Å². The van der Waals surface area contributed by atoms with Gasteiger partial charge in [0.1, 0.15) is 6.10 Å². The Morgan fingerprint density at radius 3 is 2.95 bits per heavy atom. The minimum atomic E-state index is -3.90. The Morgan fingerprint density at radius 1 is 1.62 bits per heavy atom. The molecule has 7 heteroatoms. The Bertz CT molecular complexity index is 368. The fraction of sp³-hybridized carbons (Fsp3) is 0.857. The second kappa shape index (κ2) is 10.2. The topological polar surface area (TPSA) is 65.0 Å². The zero-order chi connectivity index (χ0) is 15.7. The monoisotopic (exact) mass is 432 g/mol. The van der Waals surface area contributed by atoms with Gasteiger partial charge in [-0.05, 0) is 49.5 Å². The maximum atomic E-state index is 12.4. The van der Waals surface area contributed by atoms with Crippen LogP contribution in [-0.4, -0.2) is 34.7 Å². The van der Waals surface area contributed by atoms with E-state index in [1.807, 2.05) is 6.92 Å². The summed E-state index contributed by atoms with van der Waals surface area (Å²) in [6, 6.07) is 0. The molecule has 1 heterocycles. The first kappa shape index (κ1) is 19.4. The number of unbranched alkanes of at least 4 members (excludes halogenated alkanes) is 1. The van der Waals surface area contributed by atoms with Gasteiger partial charge in [-0.2, -0.15) is 0 Å². The number of halogens is 1. The molecule has 1 fully saturated rings. The molecule has 1 rings (SSSR count). The lowest BCUT2D eigenvalue weighted by molar-refractivity contribution is -0.0202. The van der Waals surface area contributed by atoms with Gasteiger partial charge in [-0.15, -0.1) is 0 Å². The molecule has 124 valence electrons. The third-order valence-electron chi connectivity index (χ3n) is 3.24. The zero-order valence-electron chi connectivity index (χ0n) is 12.8. The normalized spacial score (nSPS) is 24.4. The largest absolute Gasteiger partial charge is 0.480 e. The number of ether oxygens (including phenoxy) is 2. The predicted molar refractivity (Wildman–Crippen MR) is 91.8 cm³/mol. The van der Waals surface area contributed by atoms with Crippen LogP contribution in [0.4, 0.5) is 0 Å². The van der Waals surface area contributed by atoms with E-state index in [-0.39, 0.29) is 17.7 Å². The number of alkyl halides is 1. The molecular formula is C14H26IO5P. The van der Waals surface area contributed by atoms with Gasteiger partial charge < -0.3 is 18.9 Å². The number of hydrogen-bond donors (Lipinski definition) is 1. The van der Waals surface area contributed by atoms with Gasteiger partial charge in [0, 0.05) is 6.61 Å². The lowest BCUT2D eigenvalue weighted by Crippen LogP contribution is -2.25.